The lowest BCUT2D eigenvalue weighted by atomic mass is 10.2. The molecule has 1 aromatic carbocycles. The van der Waals surface area contributed by atoms with E-state index in [1.807, 2.05) is 13.8 Å². The molecule has 3 atom stereocenters. The van der Waals surface area contributed by atoms with Crippen molar-refractivity contribution >= 4 is 23.5 Å². The van der Waals surface area contributed by atoms with Gasteiger partial charge in [-0.25, -0.2) is 4.79 Å². The molecule has 1 amide bonds. The molecule has 0 aromatic heterocycles. The highest BCUT2D eigenvalue weighted by atomic mass is 35.5. The second kappa shape index (κ2) is 7.72. The number of benzene rings is 1. The molecule has 8 heteroatoms. The number of nitrogens with zero attached hydrogens (tertiary/aromatic N) is 1. The molecule has 0 spiro atoms. The predicted octanol–water partition coefficient (Wildman–Crippen LogP) is 2.29. The van der Waals surface area contributed by atoms with Gasteiger partial charge in [-0.15, -0.1) is 0 Å². The quantitative estimate of drug-likeness (QED) is 0.745. The molecule has 0 saturated carbocycles. The second-order valence-electron chi connectivity index (χ2n) is 6.53. The number of carbonyl (C=O) groups excluding carboxylic acids is 2. The first-order chi connectivity index (χ1) is 12.3. The molecule has 0 radical (unpaired) electrons. The Labute approximate surface area is 157 Å². The fraction of sp³-hybridized carbons (Fsp3) is 0.556. The van der Waals surface area contributed by atoms with Crippen molar-refractivity contribution < 1.29 is 28.5 Å². The van der Waals surface area contributed by atoms with Crippen LogP contribution in [-0.2, 0) is 14.3 Å². The summed E-state index contributed by atoms with van der Waals surface area (Å²) in [5, 5.41) is 0.268. The molecule has 2 aliphatic rings. The number of amides is 1. The summed E-state index contributed by atoms with van der Waals surface area (Å²) < 4.78 is 21.8. The molecule has 3 rings (SSSR count). The third-order valence-corrected chi connectivity index (χ3v) is 4.48. The minimum Gasteiger partial charge on any atom is -0.486 e. The highest BCUT2D eigenvalue weighted by Gasteiger charge is 2.31. The van der Waals surface area contributed by atoms with Crippen LogP contribution >= 0.6 is 11.6 Å². The molecule has 1 saturated heterocycles. The lowest BCUT2D eigenvalue weighted by Crippen LogP contribution is -2.51. The summed E-state index contributed by atoms with van der Waals surface area (Å²) in [6.45, 7) is 7.10. The summed E-state index contributed by atoms with van der Waals surface area (Å²) in [5.74, 6) is -0.0801. The number of carbonyl (C=O) groups is 2. The van der Waals surface area contributed by atoms with Crippen LogP contribution in [0.5, 0.6) is 11.5 Å². The molecule has 1 aromatic rings. The van der Waals surface area contributed by atoms with Crippen molar-refractivity contribution in [2.75, 3.05) is 26.3 Å². The van der Waals surface area contributed by atoms with Crippen LogP contribution in [-0.4, -0.2) is 61.4 Å². The third kappa shape index (κ3) is 4.04. The number of hydrogen-bond acceptors (Lipinski definition) is 6. The van der Waals surface area contributed by atoms with Crippen LogP contribution in [0.25, 0.3) is 0 Å². The molecule has 3 unspecified atom stereocenters. The summed E-state index contributed by atoms with van der Waals surface area (Å²) in [6, 6.07) is 2.96. The Kier molecular flexibility index (Phi) is 5.58. The van der Waals surface area contributed by atoms with Gasteiger partial charge in [-0.2, -0.15) is 0 Å². The molecule has 0 bridgehead atoms. The molecule has 26 heavy (non-hydrogen) atoms. The van der Waals surface area contributed by atoms with E-state index in [1.54, 1.807) is 11.8 Å². The summed E-state index contributed by atoms with van der Waals surface area (Å²) >= 11 is 6.14. The minimum atomic E-state index is -0.910. The summed E-state index contributed by atoms with van der Waals surface area (Å²) in [5.41, 5.74) is 0.211. The van der Waals surface area contributed by atoms with Gasteiger partial charge in [0, 0.05) is 13.1 Å². The minimum absolute atomic E-state index is 0.0535. The Balaban J connectivity index is 1.67. The van der Waals surface area contributed by atoms with Crippen molar-refractivity contribution in [2.45, 2.75) is 39.1 Å². The smallest absolute Gasteiger partial charge is 0.339 e. The Bertz CT molecular complexity index is 699. The predicted molar refractivity (Wildman–Crippen MR) is 93.9 cm³/mol. The first kappa shape index (κ1) is 18.8. The highest BCUT2D eigenvalue weighted by molar-refractivity contribution is 6.32. The zero-order valence-electron chi connectivity index (χ0n) is 15.0. The molecule has 142 valence electrons. The zero-order chi connectivity index (χ0) is 18.8. The van der Waals surface area contributed by atoms with Crippen LogP contribution in [0.1, 0.15) is 31.1 Å². The summed E-state index contributed by atoms with van der Waals surface area (Å²) in [7, 11) is 0. The van der Waals surface area contributed by atoms with E-state index >= 15 is 0 Å². The molecular weight excluding hydrogens is 362 g/mol. The van der Waals surface area contributed by atoms with Crippen LogP contribution in [0.4, 0.5) is 0 Å². The van der Waals surface area contributed by atoms with Crippen molar-refractivity contribution in [3.05, 3.63) is 22.7 Å². The van der Waals surface area contributed by atoms with Gasteiger partial charge in [0.15, 0.2) is 17.6 Å². The van der Waals surface area contributed by atoms with E-state index in [1.165, 1.54) is 12.1 Å². The Morgan fingerprint density at radius 2 is 1.85 bits per heavy atom. The maximum Gasteiger partial charge on any atom is 0.339 e. The number of morpholine rings is 1. The van der Waals surface area contributed by atoms with Crippen molar-refractivity contribution in [2.24, 2.45) is 0 Å². The normalized spacial score (nSPS) is 23.3. The fourth-order valence-electron chi connectivity index (χ4n) is 3.12. The largest absolute Gasteiger partial charge is 0.486 e. The monoisotopic (exact) mass is 383 g/mol. The molecular formula is C18H22ClNO6. The lowest BCUT2D eigenvalue weighted by Gasteiger charge is -2.36. The number of rotatable bonds is 3. The van der Waals surface area contributed by atoms with E-state index in [4.69, 9.17) is 30.5 Å². The van der Waals surface area contributed by atoms with Gasteiger partial charge in [-0.05, 0) is 32.9 Å². The topological polar surface area (TPSA) is 74.3 Å². The van der Waals surface area contributed by atoms with Crippen molar-refractivity contribution in [1.82, 2.24) is 4.90 Å². The van der Waals surface area contributed by atoms with Gasteiger partial charge in [-0.3, -0.25) is 4.79 Å². The van der Waals surface area contributed by atoms with E-state index < -0.39 is 12.1 Å². The maximum atomic E-state index is 12.6. The van der Waals surface area contributed by atoms with Gasteiger partial charge in [0.1, 0.15) is 13.2 Å². The molecule has 7 nitrogen and oxygen atoms in total. The second-order valence-corrected chi connectivity index (χ2v) is 6.94. The van der Waals surface area contributed by atoms with Gasteiger partial charge in [0.25, 0.3) is 5.91 Å². The zero-order valence-corrected chi connectivity index (χ0v) is 15.7. The van der Waals surface area contributed by atoms with Crippen LogP contribution < -0.4 is 9.47 Å². The van der Waals surface area contributed by atoms with Gasteiger partial charge in [-0.1, -0.05) is 11.6 Å². The van der Waals surface area contributed by atoms with Crippen molar-refractivity contribution in [3.63, 3.8) is 0 Å². The Hall–Kier alpha value is -1.99. The Morgan fingerprint density at radius 3 is 2.54 bits per heavy atom. The average molecular weight is 384 g/mol. The third-order valence-electron chi connectivity index (χ3n) is 4.20. The molecule has 1 fully saturated rings. The van der Waals surface area contributed by atoms with Crippen molar-refractivity contribution in [1.29, 1.82) is 0 Å². The van der Waals surface area contributed by atoms with E-state index in [-0.39, 0.29) is 28.7 Å². The number of hydrogen-bond donors (Lipinski definition) is 0. The van der Waals surface area contributed by atoms with E-state index in [0.717, 1.165) is 0 Å². The molecule has 2 aliphatic heterocycles. The number of fused-ring (bicyclic) bond motifs is 1. The van der Waals surface area contributed by atoms with Crippen LogP contribution in [0.2, 0.25) is 5.02 Å². The van der Waals surface area contributed by atoms with Crippen LogP contribution in [0.15, 0.2) is 12.1 Å². The SMILES string of the molecule is CC1CN(C(=O)C(C)OC(=O)c2cc(Cl)c3c(c2)OCCO3)CC(C)O1. The van der Waals surface area contributed by atoms with Gasteiger partial charge < -0.3 is 23.8 Å². The molecule has 0 N–H and O–H groups in total. The van der Waals surface area contributed by atoms with E-state index in [0.29, 0.717) is 37.8 Å². The summed E-state index contributed by atoms with van der Waals surface area (Å²) in [6.07, 6.45) is -1.02. The highest BCUT2D eigenvalue weighted by Crippen LogP contribution is 2.38. The summed E-state index contributed by atoms with van der Waals surface area (Å²) in [4.78, 5) is 26.7. The van der Waals surface area contributed by atoms with Gasteiger partial charge in [0.05, 0.1) is 22.8 Å². The van der Waals surface area contributed by atoms with Gasteiger partial charge >= 0.3 is 5.97 Å². The number of halogens is 1. The van der Waals surface area contributed by atoms with E-state index in [2.05, 4.69) is 0 Å². The van der Waals surface area contributed by atoms with Crippen molar-refractivity contribution in [3.8, 4) is 11.5 Å². The number of esters is 1. The van der Waals surface area contributed by atoms with Crippen LogP contribution in [0.3, 0.4) is 0 Å². The van der Waals surface area contributed by atoms with Crippen LogP contribution in [0, 0.1) is 0 Å². The lowest BCUT2D eigenvalue weighted by molar-refractivity contribution is -0.151. The maximum absolute atomic E-state index is 12.6. The first-order valence-electron chi connectivity index (χ1n) is 8.59. The van der Waals surface area contributed by atoms with E-state index in [9.17, 15) is 9.59 Å². The number of ether oxygens (including phenoxy) is 4. The fourth-order valence-corrected chi connectivity index (χ4v) is 3.39. The Morgan fingerprint density at radius 1 is 1.19 bits per heavy atom. The molecule has 0 aliphatic carbocycles. The van der Waals surface area contributed by atoms with Gasteiger partial charge in [0.2, 0.25) is 0 Å². The standard InChI is InChI=1S/C18H22ClNO6/c1-10-8-20(9-11(2)25-10)17(21)12(3)26-18(22)13-6-14(19)16-15(7-13)23-4-5-24-16/h6-7,10-12H,4-5,8-9H2,1-3H3. The molecule has 2 heterocycles. The first-order valence-corrected chi connectivity index (χ1v) is 8.97. The average Bonchev–Trinajstić information content (AvgIpc) is 2.60.